The Balaban J connectivity index is 2.03. The molecule has 2 unspecified atom stereocenters. The van der Waals surface area contributed by atoms with E-state index in [-0.39, 0.29) is 6.04 Å². The van der Waals surface area contributed by atoms with Crippen LogP contribution in [0.3, 0.4) is 0 Å². The first-order valence-electron chi connectivity index (χ1n) is 6.63. The summed E-state index contributed by atoms with van der Waals surface area (Å²) in [5.74, 6) is 0. The lowest BCUT2D eigenvalue weighted by Gasteiger charge is -2.19. The van der Waals surface area contributed by atoms with E-state index in [1.165, 1.54) is 11.1 Å². The summed E-state index contributed by atoms with van der Waals surface area (Å²) in [6, 6.07) is 14.6. The van der Waals surface area contributed by atoms with E-state index in [4.69, 9.17) is 5.73 Å². The monoisotopic (exact) mass is 272 g/mol. The van der Waals surface area contributed by atoms with Crippen LogP contribution in [0.15, 0.2) is 53.7 Å². The predicted molar refractivity (Wildman–Crippen MR) is 82.3 cm³/mol. The molecule has 1 heterocycles. The van der Waals surface area contributed by atoms with E-state index in [0.717, 1.165) is 11.4 Å². The molecule has 2 rings (SSSR count). The fraction of sp³-hybridized carbons (Fsp3) is 0.312. The van der Waals surface area contributed by atoms with Crippen LogP contribution in [-0.2, 0) is 6.42 Å². The second-order valence-electron chi connectivity index (χ2n) is 4.61. The molecule has 100 valence electrons. The van der Waals surface area contributed by atoms with Gasteiger partial charge in [0.2, 0.25) is 0 Å². The zero-order valence-electron chi connectivity index (χ0n) is 11.4. The van der Waals surface area contributed by atoms with Crippen molar-refractivity contribution < 1.29 is 0 Å². The lowest BCUT2D eigenvalue weighted by atomic mass is 10.0. The average Bonchev–Trinajstić information content (AvgIpc) is 2.47. The number of nitrogens with two attached hydrogens (primary N) is 1. The lowest BCUT2D eigenvalue weighted by Crippen LogP contribution is -2.21. The highest BCUT2D eigenvalue weighted by Crippen LogP contribution is 2.29. The highest BCUT2D eigenvalue weighted by Gasteiger charge is 2.16. The van der Waals surface area contributed by atoms with E-state index in [9.17, 15) is 0 Å². The molecular weight excluding hydrogens is 252 g/mol. The third-order valence-corrected chi connectivity index (χ3v) is 4.37. The van der Waals surface area contributed by atoms with Gasteiger partial charge in [0.05, 0.1) is 5.03 Å². The molecule has 1 aromatic heterocycles. The van der Waals surface area contributed by atoms with Crippen molar-refractivity contribution >= 4 is 11.8 Å². The van der Waals surface area contributed by atoms with E-state index in [1.54, 1.807) is 11.8 Å². The molecule has 0 saturated heterocycles. The minimum Gasteiger partial charge on any atom is -0.323 e. The van der Waals surface area contributed by atoms with E-state index in [1.807, 2.05) is 24.4 Å². The zero-order valence-corrected chi connectivity index (χ0v) is 12.2. The van der Waals surface area contributed by atoms with Crippen LogP contribution >= 0.6 is 11.8 Å². The van der Waals surface area contributed by atoms with Crippen LogP contribution in [0.5, 0.6) is 0 Å². The Bertz CT molecular complexity index is 496. The number of hydrogen-bond donors (Lipinski definition) is 1. The first-order valence-corrected chi connectivity index (χ1v) is 7.50. The number of pyridine rings is 1. The van der Waals surface area contributed by atoms with Crippen molar-refractivity contribution in [2.24, 2.45) is 5.73 Å². The zero-order chi connectivity index (χ0) is 13.7. The quantitative estimate of drug-likeness (QED) is 0.841. The summed E-state index contributed by atoms with van der Waals surface area (Å²) >= 11 is 1.72. The Hall–Kier alpha value is -1.32. The molecule has 2 N–H and O–H groups in total. The maximum Gasteiger partial charge on any atom is 0.0963 e. The Morgan fingerprint density at radius 3 is 2.47 bits per heavy atom. The topological polar surface area (TPSA) is 38.9 Å². The molecule has 0 radical (unpaired) electrons. The first kappa shape index (κ1) is 14.1. The second-order valence-corrected chi connectivity index (χ2v) is 6.01. The van der Waals surface area contributed by atoms with Crippen molar-refractivity contribution in [3.63, 3.8) is 0 Å². The van der Waals surface area contributed by atoms with Gasteiger partial charge in [-0.25, -0.2) is 4.98 Å². The van der Waals surface area contributed by atoms with Gasteiger partial charge in [-0.3, -0.25) is 0 Å². The summed E-state index contributed by atoms with van der Waals surface area (Å²) in [4.78, 5) is 4.33. The number of aromatic nitrogens is 1. The molecular formula is C16H20N2S. The van der Waals surface area contributed by atoms with Crippen LogP contribution in [0, 0.1) is 0 Å². The molecule has 0 aliphatic rings. The molecule has 1 aromatic carbocycles. The van der Waals surface area contributed by atoms with Gasteiger partial charge in [-0.05, 0) is 29.7 Å². The van der Waals surface area contributed by atoms with Crippen LogP contribution in [-0.4, -0.2) is 10.2 Å². The van der Waals surface area contributed by atoms with Gasteiger partial charge < -0.3 is 5.73 Å². The summed E-state index contributed by atoms with van der Waals surface area (Å²) in [6.07, 6.45) is 2.88. The molecule has 2 aromatic rings. The van der Waals surface area contributed by atoms with Crippen molar-refractivity contribution in [1.82, 2.24) is 4.98 Å². The Kier molecular flexibility index (Phi) is 5.00. The van der Waals surface area contributed by atoms with Crippen molar-refractivity contribution in [3.8, 4) is 0 Å². The lowest BCUT2D eigenvalue weighted by molar-refractivity contribution is 0.713. The summed E-state index contributed by atoms with van der Waals surface area (Å²) in [7, 11) is 0. The van der Waals surface area contributed by atoms with Crippen LogP contribution in [0.2, 0.25) is 0 Å². The maximum absolute atomic E-state index is 6.33. The van der Waals surface area contributed by atoms with E-state index >= 15 is 0 Å². The van der Waals surface area contributed by atoms with E-state index < -0.39 is 0 Å². The number of rotatable bonds is 5. The molecule has 0 saturated carbocycles. The van der Waals surface area contributed by atoms with E-state index in [0.29, 0.717) is 5.25 Å². The number of nitrogens with zero attached hydrogens (tertiary/aromatic N) is 1. The Labute approximate surface area is 119 Å². The van der Waals surface area contributed by atoms with Gasteiger partial charge in [-0.15, -0.1) is 11.8 Å². The third kappa shape index (κ3) is 3.82. The van der Waals surface area contributed by atoms with Crippen molar-refractivity contribution in [2.45, 2.75) is 36.6 Å². The summed E-state index contributed by atoms with van der Waals surface area (Å²) in [5.41, 5.74) is 8.87. The maximum atomic E-state index is 6.33. The van der Waals surface area contributed by atoms with Gasteiger partial charge in [0.15, 0.2) is 0 Å². The number of benzene rings is 1. The van der Waals surface area contributed by atoms with Crippen LogP contribution in [0.25, 0.3) is 0 Å². The molecule has 0 amide bonds. The Morgan fingerprint density at radius 2 is 1.89 bits per heavy atom. The minimum atomic E-state index is 0.0258. The molecule has 0 bridgehead atoms. The highest BCUT2D eigenvalue weighted by atomic mass is 32.2. The summed E-state index contributed by atoms with van der Waals surface area (Å²) < 4.78 is 0. The second kappa shape index (κ2) is 6.73. The number of thioether (sulfide) groups is 1. The summed E-state index contributed by atoms with van der Waals surface area (Å²) in [5, 5.41) is 1.32. The van der Waals surface area contributed by atoms with Gasteiger partial charge in [0.1, 0.15) is 0 Å². The van der Waals surface area contributed by atoms with Crippen molar-refractivity contribution in [3.05, 3.63) is 59.8 Å². The molecule has 0 fully saturated rings. The average molecular weight is 272 g/mol. The Morgan fingerprint density at radius 1 is 1.16 bits per heavy atom. The van der Waals surface area contributed by atoms with Gasteiger partial charge in [-0.1, -0.05) is 44.2 Å². The number of aryl methyl sites for hydroxylation is 1. The molecule has 0 aliphatic carbocycles. The third-order valence-electron chi connectivity index (χ3n) is 3.22. The van der Waals surface area contributed by atoms with Crippen molar-refractivity contribution in [1.29, 1.82) is 0 Å². The van der Waals surface area contributed by atoms with E-state index in [2.05, 4.69) is 43.1 Å². The normalized spacial score (nSPS) is 14.1. The fourth-order valence-corrected chi connectivity index (χ4v) is 2.89. The summed E-state index contributed by atoms with van der Waals surface area (Å²) in [6.45, 7) is 4.31. The number of hydrogen-bond acceptors (Lipinski definition) is 3. The highest BCUT2D eigenvalue weighted by molar-refractivity contribution is 7.99. The molecule has 0 aliphatic heterocycles. The predicted octanol–water partition coefficient (Wildman–Crippen LogP) is 3.82. The van der Waals surface area contributed by atoms with Gasteiger partial charge in [0.25, 0.3) is 0 Å². The first-order chi connectivity index (χ1) is 9.20. The fourth-order valence-electron chi connectivity index (χ4n) is 1.93. The smallest absolute Gasteiger partial charge is 0.0963 e. The molecule has 3 heteroatoms. The molecule has 19 heavy (non-hydrogen) atoms. The molecule has 2 nitrogen and oxygen atoms in total. The minimum absolute atomic E-state index is 0.0258. The molecule has 2 atom stereocenters. The van der Waals surface area contributed by atoms with Crippen LogP contribution in [0.1, 0.15) is 31.0 Å². The van der Waals surface area contributed by atoms with Crippen LogP contribution < -0.4 is 5.73 Å². The van der Waals surface area contributed by atoms with Gasteiger partial charge in [-0.2, -0.15) is 0 Å². The van der Waals surface area contributed by atoms with Crippen molar-refractivity contribution in [2.75, 3.05) is 0 Å². The van der Waals surface area contributed by atoms with Gasteiger partial charge in [0, 0.05) is 17.5 Å². The largest absolute Gasteiger partial charge is 0.323 e. The standard InChI is InChI=1S/C16H20N2S/c1-3-13-7-9-14(10-8-13)16(17)12(2)19-15-6-4-5-11-18-15/h4-12,16H,3,17H2,1-2H3. The van der Waals surface area contributed by atoms with Gasteiger partial charge >= 0.3 is 0 Å². The molecule has 0 spiro atoms. The SMILES string of the molecule is CCc1ccc(C(N)C(C)Sc2ccccn2)cc1. The van der Waals surface area contributed by atoms with Crippen LogP contribution in [0.4, 0.5) is 0 Å².